The lowest BCUT2D eigenvalue weighted by molar-refractivity contribution is -0.140. The van der Waals surface area contributed by atoms with Crippen LogP contribution >= 0.6 is 0 Å². The molecule has 2 aromatic carbocycles. The molecule has 0 aliphatic heterocycles. The molecular formula is C24H33N3O7S. The molecule has 0 saturated carbocycles. The minimum absolute atomic E-state index is 0.103. The van der Waals surface area contributed by atoms with Crippen molar-refractivity contribution in [3.05, 3.63) is 48.0 Å². The molecule has 0 saturated heterocycles. The van der Waals surface area contributed by atoms with Crippen molar-refractivity contribution in [2.24, 2.45) is 0 Å². The molecule has 0 aliphatic rings. The maximum Gasteiger partial charge on any atom is 0.244 e. The lowest BCUT2D eigenvalue weighted by Crippen LogP contribution is -2.51. The van der Waals surface area contributed by atoms with Crippen LogP contribution in [0.3, 0.4) is 0 Å². The van der Waals surface area contributed by atoms with E-state index in [-0.39, 0.29) is 23.9 Å². The first-order chi connectivity index (χ1) is 16.6. The summed E-state index contributed by atoms with van der Waals surface area (Å²) >= 11 is 0. The third-order valence-corrected chi connectivity index (χ3v) is 6.61. The van der Waals surface area contributed by atoms with E-state index in [1.165, 1.54) is 38.3 Å². The minimum Gasteiger partial charge on any atom is -0.497 e. The monoisotopic (exact) mass is 507 g/mol. The van der Waals surface area contributed by atoms with Crippen LogP contribution in [0, 0.1) is 0 Å². The number of carbonyl (C=O) groups is 2. The van der Waals surface area contributed by atoms with Crippen LogP contribution in [0.2, 0.25) is 0 Å². The van der Waals surface area contributed by atoms with Crippen molar-refractivity contribution in [1.29, 1.82) is 0 Å². The number of nitrogens with zero attached hydrogens (tertiary/aromatic N) is 2. The fourth-order valence-corrected chi connectivity index (χ4v) is 4.45. The van der Waals surface area contributed by atoms with Gasteiger partial charge in [0.25, 0.3) is 0 Å². The second kappa shape index (κ2) is 12.3. The summed E-state index contributed by atoms with van der Waals surface area (Å²) in [5.74, 6) is 0.460. The summed E-state index contributed by atoms with van der Waals surface area (Å²) in [4.78, 5) is 27.6. The topological polar surface area (TPSA) is 114 Å². The van der Waals surface area contributed by atoms with Gasteiger partial charge in [0, 0.05) is 19.7 Å². The number of anilines is 1. The van der Waals surface area contributed by atoms with Crippen LogP contribution in [-0.2, 0) is 26.2 Å². The van der Waals surface area contributed by atoms with Crippen LogP contribution in [0.4, 0.5) is 5.69 Å². The predicted octanol–water partition coefficient (Wildman–Crippen LogP) is 2.03. The molecule has 2 rings (SSSR count). The Morgan fingerprint density at radius 3 is 2.06 bits per heavy atom. The Hall–Kier alpha value is -3.47. The van der Waals surface area contributed by atoms with Gasteiger partial charge in [-0.15, -0.1) is 0 Å². The highest BCUT2D eigenvalue weighted by atomic mass is 32.2. The van der Waals surface area contributed by atoms with Crippen LogP contribution in [-0.4, -0.2) is 72.4 Å². The van der Waals surface area contributed by atoms with Crippen LogP contribution < -0.4 is 23.8 Å². The lowest BCUT2D eigenvalue weighted by Gasteiger charge is -2.33. The molecule has 0 unspecified atom stereocenters. The predicted molar refractivity (Wildman–Crippen MR) is 133 cm³/mol. The zero-order valence-corrected chi connectivity index (χ0v) is 21.7. The van der Waals surface area contributed by atoms with Crippen LogP contribution in [0.25, 0.3) is 0 Å². The lowest BCUT2D eigenvalue weighted by atomic mass is 10.1. The van der Waals surface area contributed by atoms with Gasteiger partial charge in [0.15, 0.2) is 0 Å². The van der Waals surface area contributed by atoms with Gasteiger partial charge < -0.3 is 24.4 Å². The number of sulfonamides is 1. The van der Waals surface area contributed by atoms with Gasteiger partial charge in [-0.05, 0) is 36.2 Å². The summed E-state index contributed by atoms with van der Waals surface area (Å²) in [5, 5.41) is 2.58. The number of carbonyl (C=O) groups excluding carboxylic acids is 2. The van der Waals surface area contributed by atoms with Gasteiger partial charge in [-0.2, -0.15) is 0 Å². The summed E-state index contributed by atoms with van der Waals surface area (Å²) in [6, 6.07) is 10.9. The number of hydrogen-bond acceptors (Lipinski definition) is 7. The second-order valence-corrected chi connectivity index (χ2v) is 9.62. The maximum absolute atomic E-state index is 13.6. The molecule has 0 aliphatic carbocycles. The number of likely N-dealkylation sites (N-methyl/N-ethyl adjacent to an activating group) is 1. The van der Waals surface area contributed by atoms with Gasteiger partial charge in [0.2, 0.25) is 21.8 Å². The third kappa shape index (κ3) is 7.01. The van der Waals surface area contributed by atoms with Gasteiger partial charge in [0.05, 0.1) is 33.3 Å². The molecule has 0 radical (unpaired) electrons. The van der Waals surface area contributed by atoms with Gasteiger partial charge in [-0.25, -0.2) is 8.42 Å². The number of rotatable bonds is 12. The first-order valence-corrected chi connectivity index (χ1v) is 12.8. The molecule has 11 heteroatoms. The van der Waals surface area contributed by atoms with E-state index in [1.54, 1.807) is 44.4 Å². The Kier molecular flexibility index (Phi) is 9.76. The molecule has 192 valence electrons. The maximum atomic E-state index is 13.6. The Labute approximate surface area is 206 Å². The average molecular weight is 508 g/mol. The number of benzene rings is 2. The minimum atomic E-state index is -3.89. The van der Waals surface area contributed by atoms with Crippen molar-refractivity contribution in [2.75, 3.05) is 45.5 Å². The van der Waals surface area contributed by atoms with Crippen molar-refractivity contribution in [2.45, 2.75) is 25.9 Å². The number of hydrogen-bond donors (Lipinski definition) is 1. The number of methoxy groups -OCH3 is 3. The summed E-state index contributed by atoms with van der Waals surface area (Å²) < 4.78 is 42.2. The normalized spacial score (nSPS) is 11.8. The molecule has 2 amide bonds. The SMILES string of the molecule is CC[C@H](C(=O)NC)N(Cc1ccc(OC)cc1)C(=O)CN(c1ccc(OC)cc1OC)S(C)(=O)=O. The number of amides is 2. The second-order valence-electron chi connectivity index (χ2n) is 7.72. The van der Waals surface area contributed by atoms with Crippen molar-refractivity contribution in [3.8, 4) is 17.2 Å². The van der Waals surface area contributed by atoms with Gasteiger partial charge in [-0.1, -0.05) is 19.1 Å². The van der Waals surface area contributed by atoms with Gasteiger partial charge in [-0.3, -0.25) is 13.9 Å². The Balaban J connectivity index is 2.48. The zero-order chi connectivity index (χ0) is 26.2. The summed E-state index contributed by atoms with van der Waals surface area (Å²) in [6.07, 6.45) is 1.35. The van der Waals surface area contributed by atoms with Gasteiger partial charge >= 0.3 is 0 Å². The summed E-state index contributed by atoms with van der Waals surface area (Å²) in [7, 11) is 2.03. The molecule has 1 N–H and O–H groups in total. The molecule has 1 atom stereocenters. The zero-order valence-electron chi connectivity index (χ0n) is 20.9. The van der Waals surface area contributed by atoms with Crippen LogP contribution in [0.5, 0.6) is 17.2 Å². The number of ether oxygens (including phenoxy) is 3. The molecule has 0 bridgehead atoms. The average Bonchev–Trinajstić information content (AvgIpc) is 2.86. The van der Waals surface area contributed by atoms with Crippen molar-refractivity contribution >= 4 is 27.5 Å². The van der Waals surface area contributed by atoms with E-state index in [9.17, 15) is 18.0 Å². The van der Waals surface area contributed by atoms with Crippen molar-refractivity contribution in [1.82, 2.24) is 10.2 Å². The molecule has 0 heterocycles. The third-order valence-electron chi connectivity index (χ3n) is 5.48. The molecular weight excluding hydrogens is 474 g/mol. The van der Waals surface area contributed by atoms with E-state index >= 15 is 0 Å². The fourth-order valence-electron chi connectivity index (χ4n) is 3.60. The summed E-state index contributed by atoms with van der Waals surface area (Å²) in [6.45, 7) is 1.37. The molecule has 0 fully saturated rings. The highest BCUT2D eigenvalue weighted by molar-refractivity contribution is 7.92. The van der Waals surface area contributed by atoms with E-state index in [0.717, 1.165) is 16.1 Å². The van der Waals surface area contributed by atoms with Crippen LogP contribution in [0.1, 0.15) is 18.9 Å². The fraction of sp³-hybridized carbons (Fsp3) is 0.417. The highest BCUT2D eigenvalue weighted by Crippen LogP contribution is 2.33. The molecule has 10 nitrogen and oxygen atoms in total. The quantitative estimate of drug-likeness (QED) is 0.468. The molecule has 35 heavy (non-hydrogen) atoms. The Morgan fingerprint density at radius 1 is 0.971 bits per heavy atom. The summed E-state index contributed by atoms with van der Waals surface area (Å²) in [5.41, 5.74) is 0.941. The van der Waals surface area contributed by atoms with E-state index in [2.05, 4.69) is 5.32 Å². The standard InChI is InChI=1S/C24H33N3O7S/c1-7-20(24(29)25-2)26(15-17-8-10-18(32-3)11-9-17)23(28)16-27(35(6,30)31)21-13-12-19(33-4)14-22(21)34-5/h8-14,20H,7,15-16H2,1-6H3,(H,25,29)/t20-/m1/s1. The molecule has 0 spiro atoms. The smallest absolute Gasteiger partial charge is 0.244 e. The number of nitrogens with one attached hydrogen (secondary N) is 1. The molecule has 2 aromatic rings. The molecule has 0 aromatic heterocycles. The van der Waals surface area contributed by atoms with E-state index in [4.69, 9.17) is 14.2 Å². The van der Waals surface area contributed by atoms with E-state index in [0.29, 0.717) is 17.9 Å². The van der Waals surface area contributed by atoms with E-state index in [1.807, 2.05) is 0 Å². The largest absolute Gasteiger partial charge is 0.497 e. The van der Waals surface area contributed by atoms with Crippen molar-refractivity contribution in [3.63, 3.8) is 0 Å². The van der Waals surface area contributed by atoms with Gasteiger partial charge in [0.1, 0.15) is 29.8 Å². The first-order valence-electron chi connectivity index (χ1n) is 10.9. The highest BCUT2D eigenvalue weighted by Gasteiger charge is 2.32. The van der Waals surface area contributed by atoms with Crippen LogP contribution in [0.15, 0.2) is 42.5 Å². The van der Waals surface area contributed by atoms with Crippen molar-refractivity contribution < 1.29 is 32.2 Å². The Morgan fingerprint density at radius 2 is 1.57 bits per heavy atom. The Bertz CT molecular complexity index is 1120. The van der Waals surface area contributed by atoms with E-state index < -0.39 is 28.5 Å². The first kappa shape index (κ1) is 27.8.